The van der Waals surface area contributed by atoms with Crippen LogP contribution in [0.15, 0.2) is 83.1 Å². The molecule has 0 fully saturated rings. The number of thiophene rings is 1. The fourth-order valence-corrected chi connectivity index (χ4v) is 6.26. The van der Waals surface area contributed by atoms with E-state index in [2.05, 4.69) is 10.6 Å². The zero-order valence-corrected chi connectivity index (χ0v) is 25.4. The maximum Gasteiger partial charge on any atom is 0.407 e. The van der Waals surface area contributed by atoms with Crippen molar-refractivity contribution in [2.75, 3.05) is 13.1 Å². The van der Waals surface area contributed by atoms with Crippen molar-refractivity contribution >= 4 is 33.5 Å². The topological polar surface area (TPSA) is 114 Å². The van der Waals surface area contributed by atoms with Gasteiger partial charge in [-0.3, -0.25) is 0 Å². The molecule has 41 heavy (non-hydrogen) atoms. The van der Waals surface area contributed by atoms with Crippen LogP contribution in [-0.4, -0.2) is 49.6 Å². The van der Waals surface area contributed by atoms with Gasteiger partial charge in [0.2, 0.25) is 10.0 Å². The average molecular weight is 602 g/mol. The summed E-state index contributed by atoms with van der Waals surface area (Å²) >= 11 is 1.47. The molecule has 3 aromatic rings. The fraction of sp³-hybridized carbons (Fsp3) is 0.400. The van der Waals surface area contributed by atoms with Crippen molar-refractivity contribution in [2.24, 2.45) is 0 Å². The molecule has 0 unspecified atom stereocenters. The maximum absolute atomic E-state index is 13.6. The van der Waals surface area contributed by atoms with Crippen molar-refractivity contribution in [3.8, 4) is 0 Å². The summed E-state index contributed by atoms with van der Waals surface area (Å²) in [5.74, 6) is 0. The van der Waals surface area contributed by atoms with Crippen LogP contribution in [0, 0.1) is 0 Å². The van der Waals surface area contributed by atoms with E-state index < -0.39 is 33.9 Å². The van der Waals surface area contributed by atoms with E-state index in [1.165, 1.54) is 15.6 Å². The Kier molecular flexibility index (Phi) is 12.2. The Morgan fingerprint density at radius 2 is 1.61 bits per heavy atom. The third-order valence-corrected chi connectivity index (χ3v) is 8.59. The minimum atomic E-state index is -3.84. The van der Waals surface area contributed by atoms with Gasteiger partial charge in [-0.25, -0.2) is 18.0 Å². The third-order valence-electron chi connectivity index (χ3n) is 5.90. The zero-order chi connectivity index (χ0) is 29.7. The Bertz CT molecular complexity index is 1310. The first-order chi connectivity index (χ1) is 19.5. The molecule has 0 radical (unpaired) electrons. The van der Waals surface area contributed by atoms with Gasteiger partial charge in [-0.05, 0) is 69.2 Å². The number of ether oxygens (including phenoxy) is 2. The molecule has 2 N–H and O–H groups in total. The van der Waals surface area contributed by atoms with Crippen molar-refractivity contribution in [1.82, 2.24) is 14.9 Å². The number of amides is 2. The lowest BCUT2D eigenvalue weighted by atomic mass is 10.1. The van der Waals surface area contributed by atoms with Crippen LogP contribution in [-0.2, 0) is 32.6 Å². The summed E-state index contributed by atoms with van der Waals surface area (Å²) in [6.07, 6.45) is 0.596. The lowest BCUT2D eigenvalue weighted by Crippen LogP contribution is -2.47. The number of hydrogen-bond acceptors (Lipinski definition) is 7. The number of carbonyl (C=O) groups excluding carboxylic acids is 2. The highest BCUT2D eigenvalue weighted by atomic mass is 32.2. The number of unbranched alkanes of at least 4 members (excludes halogenated alkanes) is 1. The second-order valence-electron chi connectivity index (χ2n) is 10.5. The van der Waals surface area contributed by atoms with Crippen LogP contribution in [0.25, 0.3) is 0 Å². The van der Waals surface area contributed by atoms with E-state index in [9.17, 15) is 18.0 Å². The Hall–Kier alpha value is -3.41. The van der Waals surface area contributed by atoms with Gasteiger partial charge in [0, 0.05) is 30.6 Å². The largest absolute Gasteiger partial charge is 0.445 e. The summed E-state index contributed by atoms with van der Waals surface area (Å²) < 4.78 is 39.4. The van der Waals surface area contributed by atoms with Gasteiger partial charge in [0.15, 0.2) is 0 Å². The molecule has 0 spiro atoms. The molecular formula is C30H39N3O6S2. The highest BCUT2D eigenvalue weighted by Crippen LogP contribution is 2.22. The number of nitrogens with one attached hydrogen (secondary N) is 2. The molecule has 0 saturated carbocycles. The van der Waals surface area contributed by atoms with Crippen LogP contribution in [0.1, 0.15) is 50.5 Å². The van der Waals surface area contributed by atoms with Crippen LogP contribution in [0.2, 0.25) is 0 Å². The number of carbonyl (C=O) groups is 2. The number of alkyl carbamates (subject to hydrolysis) is 2. The normalized spacial score (nSPS) is 12.5. The van der Waals surface area contributed by atoms with E-state index in [4.69, 9.17) is 9.47 Å². The fourth-order valence-electron chi connectivity index (χ4n) is 3.98. The predicted octanol–water partition coefficient (Wildman–Crippen LogP) is 5.93. The number of nitrogens with zero attached hydrogens (tertiary/aromatic N) is 1. The number of rotatable bonds is 14. The first-order valence-electron chi connectivity index (χ1n) is 13.5. The third kappa shape index (κ3) is 11.5. The predicted molar refractivity (Wildman–Crippen MR) is 160 cm³/mol. The average Bonchev–Trinajstić information content (AvgIpc) is 3.44. The van der Waals surface area contributed by atoms with Gasteiger partial charge in [-0.1, -0.05) is 54.6 Å². The summed E-state index contributed by atoms with van der Waals surface area (Å²) in [4.78, 5) is 25.8. The number of sulfonamides is 1. The van der Waals surface area contributed by atoms with Gasteiger partial charge in [-0.2, -0.15) is 4.31 Å². The second kappa shape index (κ2) is 15.6. The molecule has 11 heteroatoms. The van der Waals surface area contributed by atoms with Crippen LogP contribution in [0.4, 0.5) is 9.59 Å². The molecule has 1 heterocycles. The molecule has 1 atom stereocenters. The van der Waals surface area contributed by atoms with Gasteiger partial charge in [0.25, 0.3) is 0 Å². The molecule has 9 nitrogen and oxygen atoms in total. The summed E-state index contributed by atoms with van der Waals surface area (Å²) in [5.41, 5.74) is 0.196. The quantitative estimate of drug-likeness (QED) is 0.222. The summed E-state index contributed by atoms with van der Waals surface area (Å²) in [5, 5.41) is 7.51. The Balaban J connectivity index is 1.63. The second-order valence-corrected chi connectivity index (χ2v) is 13.5. The smallest absolute Gasteiger partial charge is 0.407 e. The monoisotopic (exact) mass is 601 g/mol. The SMILES string of the molecule is CC(C)(C)OC(=O)N[C@@H](CCCCNC(=O)OCc1ccccc1)CN(Cc1cccs1)S(=O)(=O)c1ccccc1. The van der Waals surface area contributed by atoms with Crippen LogP contribution in [0.5, 0.6) is 0 Å². The molecule has 222 valence electrons. The first-order valence-corrected chi connectivity index (χ1v) is 15.9. The Labute approximate surface area is 246 Å². The van der Waals surface area contributed by atoms with Crippen molar-refractivity contribution in [3.05, 3.63) is 88.6 Å². The van der Waals surface area contributed by atoms with Crippen molar-refractivity contribution in [3.63, 3.8) is 0 Å². The standard InChI is InChI=1S/C30H39N3O6S2/c1-30(2,3)39-29(35)32-25(15-10-11-19-31-28(34)38-23-24-13-6-4-7-14-24)21-33(22-26-16-12-20-40-26)41(36,37)27-17-8-5-9-18-27/h4-9,12-14,16-18,20,25H,10-11,15,19,21-23H2,1-3H3,(H,31,34)(H,32,35)/t25-/m0/s1. The van der Waals surface area contributed by atoms with Gasteiger partial charge >= 0.3 is 12.2 Å². The molecule has 2 amide bonds. The Morgan fingerprint density at radius 3 is 2.24 bits per heavy atom. The lowest BCUT2D eigenvalue weighted by Gasteiger charge is -2.29. The first kappa shape index (κ1) is 32.1. The molecule has 0 aliphatic heterocycles. The van der Waals surface area contributed by atoms with Crippen molar-refractivity contribution in [1.29, 1.82) is 0 Å². The van der Waals surface area contributed by atoms with E-state index in [1.807, 2.05) is 47.8 Å². The molecule has 0 aliphatic rings. The van der Waals surface area contributed by atoms with Gasteiger partial charge < -0.3 is 20.1 Å². The molecule has 1 aromatic heterocycles. The van der Waals surface area contributed by atoms with E-state index in [-0.39, 0.29) is 24.6 Å². The van der Waals surface area contributed by atoms with Crippen LogP contribution >= 0.6 is 11.3 Å². The molecule has 0 bridgehead atoms. The van der Waals surface area contributed by atoms with E-state index in [0.717, 1.165) is 10.4 Å². The minimum Gasteiger partial charge on any atom is -0.445 e. The number of hydrogen-bond donors (Lipinski definition) is 2. The molecule has 0 aliphatic carbocycles. The molecule has 0 saturated heterocycles. The van der Waals surface area contributed by atoms with Gasteiger partial charge in [0.1, 0.15) is 12.2 Å². The Morgan fingerprint density at radius 1 is 0.927 bits per heavy atom. The minimum absolute atomic E-state index is 0.0565. The van der Waals surface area contributed by atoms with Gasteiger partial charge in [0.05, 0.1) is 4.90 Å². The molecular weight excluding hydrogens is 562 g/mol. The maximum atomic E-state index is 13.6. The van der Waals surface area contributed by atoms with Crippen LogP contribution in [0.3, 0.4) is 0 Å². The van der Waals surface area contributed by atoms with Crippen molar-refractivity contribution in [2.45, 2.75) is 69.7 Å². The molecule has 2 aromatic carbocycles. The van der Waals surface area contributed by atoms with E-state index in [1.54, 1.807) is 51.1 Å². The highest BCUT2D eigenvalue weighted by molar-refractivity contribution is 7.89. The van der Waals surface area contributed by atoms with E-state index in [0.29, 0.717) is 25.8 Å². The summed E-state index contributed by atoms with van der Waals surface area (Å²) in [7, 11) is -3.84. The zero-order valence-electron chi connectivity index (χ0n) is 23.7. The van der Waals surface area contributed by atoms with E-state index >= 15 is 0 Å². The van der Waals surface area contributed by atoms with Gasteiger partial charge in [-0.15, -0.1) is 11.3 Å². The van der Waals surface area contributed by atoms with Crippen molar-refractivity contribution < 1.29 is 27.5 Å². The number of benzene rings is 2. The highest BCUT2D eigenvalue weighted by Gasteiger charge is 2.29. The summed E-state index contributed by atoms with van der Waals surface area (Å²) in [6, 6.07) is 20.9. The lowest BCUT2D eigenvalue weighted by molar-refractivity contribution is 0.0494. The molecule has 3 rings (SSSR count). The van der Waals surface area contributed by atoms with Crippen LogP contribution < -0.4 is 10.6 Å². The summed E-state index contributed by atoms with van der Waals surface area (Å²) in [6.45, 7) is 6.11.